The van der Waals surface area contributed by atoms with Crippen molar-refractivity contribution in [2.24, 2.45) is 0 Å². The van der Waals surface area contributed by atoms with E-state index in [2.05, 4.69) is 64.4 Å². The van der Waals surface area contributed by atoms with Crippen molar-refractivity contribution < 1.29 is 4.42 Å². The lowest BCUT2D eigenvalue weighted by molar-refractivity contribution is 0.0842. The van der Waals surface area contributed by atoms with Gasteiger partial charge in [0.05, 0.1) is 17.8 Å². The Hall–Kier alpha value is -3.26. The Morgan fingerprint density at radius 3 is 2.77 bits per heavy atom. The maximum absolute atomic E-state index is 13.3. The lowest BCUT2D eigenvalue weighted by Crippen LogP contribution is -2.41. The first-order valence-corrected chi connectivity index (χ1v) is 12.7. The van der Waals surface area contributed by atoms with Crippen molar-refractivity contribution >= 4 is 10.9 Å². The Labute approximate surface area is 205 Å². The molecule has 1 fully saturated rings. The van der Waals surface area contributed by atoms with Crippen LogP contribution in [0.25, 0.3) is 10.9 Å². The van der Waals surface area contributed by atoms with Gasteiger partial charge in [0.1, 0.15) is 12.3 Å². The Balaban J connectivity index is 1.52. The van der Waals surface area contributed by atoms with Crippen LogP contribution in [-0.2, 0) is 13.1 Å². The molecule has 8 heteroatoms. The van der Waals surface area contributed by atoms with Gasteiger partial charge >= 0.3 is 0 Å². The average Bonchev–Trinajstić information content (AvgIpc) is 3.56. The molecule has 8 nitrogen and oxygen atoms in total. The van der Waals surface area contributed by atoms with Crippen LogP contribution in [0.5, 0.6) is 0 Å². The van der Waals surface area contributed by atoms with E-state index < -0.39 is 0 Å². The average molecular weight is 475 g/mol. The molecule has 0 aliphatic heterocycles. The minimum atomic E-state index is -0.0166. The van der Waals surface area contributed by atoms with Gasteiger partial charge in [0.2, 0.25) is 0 Å². The molecule has 0 radical (unpaired) electrons. The molecule has 1 aliphatic carbocycles. The van der Waals surface area contributed by atoms with E-state index in [0.717, 1.165) is 52.9 Å². The van der Waals surface area contributed by atoms with Crippen molar-refractivity contribution in [1.82, 2.24) is 30.1 Å². The van der Waals surface area contributed by atoms with E-state index >= 15 is 0 Å². The minimum Gasteiger partial charge on any atom is -0.467 e. The van der Waals surface area contributed by atoms with Crippen molar-refractivity contribution in [3.63, 3.8) is 0 Å². The van der Waals surface area contributed by atoms with E-state index in [1.54, 1.807) is 6.26 Å². The molecule has 1 atom stereocenters. The molecule has 35 heavy (non-hydrogen) atoms. The first kappa shape index (κ1) is 23.5. The van der Waals surface area contributed by atoms with Crippen LogP contribution in [0, 0.1) is 13.8 Å². The number of tetrazole rings is 1. The number of nitrogens with zero attached hydrogens (tertiary/aromatic N) is 5. The van der Waals surface area contributed by atoms with E-state index in [-0.39, 0.29) is 11.6 Å². The molecule has 3 heterocycles. The molecule has 5 rings (SSSR count). The summed E-state index contributed by atoms with van der Waals surface area (Å²) in [7, 11) is 0. The highest BCUT2D eigenvalue weighted by molar-refractivity contribution is 5.83. The number of fused-ring (bicyclic) bond motifs is 1. The van der Waals surface area contributed by atoms with E-state index in [1.165, 1.54) is 24.8 Å². The number of hydrogen-bond donors (Lipinski definition) is 1. The lowest BCUT2D eigenvalue weighted by Gasteiger charge is -2.39. The summed E-state index contributed by atoms with van der Waals surface area (Å²) in [6.45, 7) is 7.36. The number of aryl methyl sites for hydroxylation is 2. The summed E-state index contributed by atoms with van der Waals surface area (Å²) < 4.78 is 7.38. The molecule has 0 saturated heterocycles. The second-order valence-electron chi connectivity index (χ2n) is 9.76. The summed E-state index contributed by atoms with van der Waals surface area (Å²) in [6.07, 6.45) is 8.45. The zero-order chi connectivity index (χ0) is 24.4. The summed E-state index contributed by atoms with van der Waals surface area (Å²) in [5.74, 6) is 1.63. The number of aromatic amines is 1. The third-order valence-electron chi connectivity index (χ3n) is 7.55. The normalized spacial score (nSPS) is 15.8. The van der Waals surface area contributed by atoms with Gasteiger partial charge in [-0.3, -0.25) is 9.69 Å². The molecule has 3 aromatic heterocycles. The second kappa shape index (κ2) is 10.2. The van der Waals surface area contributed by atoms with E-state index in [4.69, 9.17) is 4.42 Å². The quantitative estimate of drug-likeness (QED) is 0.384. The van der Waals surface area contributed by atoms with Crippen LogP contribution in [0.4, 0.5) is 0 Å². The fourth-order valence-electron chi connectivity index (χ4n) is 5.47. The van der Waals surface area contributed by atoms with Crippen LogP contribution in [0.2, 0.25) is 0 Å². The van der Waals surface area contributed by atoms with Crippen LogP contribution in [0.15, 0.2) is 45.8 Å². The number of hydrogen-bond acceptors (Lipinski definition) is 6. The van der Waals surface area contributed by atoms with Crippen molar-refractivity contribution in [3.05, 3.63) is 75.2 Å². The van der Waals surface area contributed by atoms with Crippen molar-refractivity contribution in [1.29, 1.82) is 0 Å². The highest BCUT2D eigenvalue weighted by Gasteiger charge is 2.32. The first-order valence-electron chi connectivity index (χ1n) is 12.7. The summed E-state index contributed by atoms with van der Waals surface area (Å²) in [5.41, 5.74) is 4.00. The summed E-state index contributed by atoms with van der Waals surface area (Å²) in [6, 6.07) is 10.5. The highest BCUT2D eigenvalue weighted by Crippen LogP contribution is 2.33. The van der Waals surface area contributed by atoms with Crippen LogP contribution in [0.1, 0.15) is 79.8 Å². The van der Waals surface area contributed by atoms with Gasteiger partial charge in [-0.1, -0.05) is 38.3 Å². The summed E-state index contributed by atoms with van der Waals surface area (Å²) >= 11 is 0. The van der Waals surface area contributed by atoms with E-state index in [9.17, 15) is 4.79 Å². The minimum absolute atomic E-state index is 0.00193. The fraction of sp³-hybridized carbons (Fsp3) is 0.481. The number of benzene rings is 1. The molecule has 0 bridgehead atoms. The smallest absolute Gasteiger partial charge is 0.252 e. The van der Waals surface area contributed by atoms with Crippen LogP contribution >= 0.6 is 0 Å². The predicted octanol–water partition coefficient (Wildman–Crippen LogP) is 5.06. The number of aromatic nitrogens is 5. The summed E-state index contributed by atoms with van der Waals surface area (Å²) in [5, 5.41) is 13.8. The van der Waals surface area contributed by atoms with E-state index in [0.29, 0.717) is 19.1 Å². The summed E-state index contributed by atoms with van der Waals surface area (Å²) in [4.78, 5) is 18.9. The third-order valence-corrected chi connectivity index (χ3v) is 7.55. The maximum Gasteiger partial charge on any atom is 0.252 e. The molecule has 1 unspecified atom stereocenters. The Morgan fingerprint density at radius 1 is 1.20 bits per heavy atom. The van der Waals surface area contributed by atoms with Gasteiger partial charge in [0.25, 0.3) is 5.56 Å². The Morgan fingerprint density at radius 2 is 2.03 bits per heavy atom. The monoisotopic (exact) mass is 474 g/mol. The SMILES string of the molecule is CCC(c1nnnn1Cc1ccco1)N(Cc1cc2ccc(C)c(C)c2[nH]c1=O)C1CCCCC1. The molecule has 184 valence electrons. The number of pyridine rings is 1. The first-order chi connectivity index (χ1) is 17.0. The lowest BCUT2D eigenvalue weighted by atomic mass is 9.92. The Bertz CT molecular complexity index is 1330. The molecule has 0 spiro atoms. The molecule has 1 aliphatic rings. The molecular weight excluding hydrogens is 440 g/mol. The van der Waals surface area contributed by atoms with Gasteiger partial charge in [-0.2, -0.15) is 0 Å². The second-order valence-corrected chi connectivity index (χ2v) is 9.76. The molecular formula is C27H34N6O2. The van der Waals surface area contributed by atoms with Crippen LogP contribution in [0.3, 0.4) is 0 Å². The van der Waals surface area contributed by atoms with Crippen molar-refractivity contribution in [3.8, 4) is 0 Å². The third kappa shape index (κ3) is 4.80. The topological polar surface area (TPSA) is 92.8 Å². The predicted molar refractivity (Wildman–Crippen MR) is 135 cm³/mol. The molecule has 1 N–H and O–H groups in total. The number of rotatable bonds is 8. The number of furan rings is 1. The van der Waals surface area contributed by atoms with Crippen LogP contribution in [-0.4, -0.2) is 36.1 Å². The van der Waals surface area contributed by atoms with Gasteiger partial charge < -0.3 is 9.40 Å². The van der Waals surface area contributed by atoms with Gasteiger partial charge in [0.15, 0.2) is 5.82 Å². The zero-order valence-electron chi connectivity index (χ0n) is 20.8. The van der Waals surface area contributed by atoms with Gasteiger partial charge in [0, 0.05) is 18.2 Å². The van der Waals surface area contributed by atoms with Crippen molar-refractivity contribution in [2.45, 2.75) is 84.5 Å². The molecule has 4 aromatic rings. The van der Waals surface area contributed by atoms with Crippen LogP contribution < -0.4 is 5.56 Å². The van der Waals surface area contributed by atoms with Gasteiger partial charge in [-0.05, 0) is 78.2 Å². The fourth-order valence-corrected chi connectivity index (χ4v) is 5.47. The van der Waals surface area contributed by atoms with Crippen molar-refractivity contribution in [2.75, 3.05) is 0 Å². The standard InChI is InChI=1S/C27H34N6O2/c1-4-24(26-29-30-31-33(26)17-23-11-8-14-35-23)32(22-9-6-5-7-10-22)16-21-15-20-13-12-18(2)19(3)25(20)28-27(21)34/h8,11-15,22,24H,4-7,9-10,16-17H2,1-3H3,(H,28,34). The molecule has 1 saturated carbocycles. The Kier molecular flexibility index (Phi) is 6.81. The highest BCUT2D eigenvalue weighted by atomic mass is 16.3. The maximum atomic E-state index is 13.3. The molecule has 1 aromatic carbocycles. The van der Waals surface area contributed by atoms with Gasteiger partial charge in [-0.15, -0.1) is 5.10 Å². The largest absolute Gasteiger partial charge is 0.467 e. The van der Waals surface area contributed by atoms with E-state index in [1.807, 2.05) is 16.8 Å². The molecule has 0 amide bonds. The number of H-pyrrole nitrogens is 1. The number of nitrogens with one attached hydrogen (secondary N) is 1. The van der Waals surface area contributed by atoms with Gasteiger partial charge in [-0.25, -0.2) is 4.68 Å². The zero-order valence-corrected chi connectivity index (χ0v) is 20.8.